The van der Waals surface area contributed by atoms with Gasteiger partial charge >= 0.3 is 0 Å². The van der Waals surface area contributed by atoms with Gasteiger partial charge in [-0.1, -0.05) is 140 Å². The van der Waals surface area contributed by atoms with Crippen LogP contribution in [0.15, 0.2) is 133 Å². The van der Waals surface area contributed by atoms with Crippen LogP contribution in [0.3, 0.4) is 0 Å². The van der Waals surface area contributed by atoms with Gasteiger partial charge in [-0.2, -0.15) is 0 Å². The molecule has 2 saturated carbocycles. The lowest BCUT2D eigenvalue weighted by Crippen LogP contribution is -2.67. The molecule has 0 N–H and O–H groups in total. The smallest absolute Gasteiger partial charge is 0.0200 e. The number of benzene rings is 4. The van der Waals surface area contributed by atoms with E-state index in [9.17, 15) is 0 Å². The van der Waals surface area contributed by atoms with Gasteiger partial charge in [-0.3, -0.25) is 0 Å². The highest BCUT2D eigenvalue weighted by atomic mass is 31.1. The maximum atomic E-state index is 2.62. The minimum Gasteiger partial charge on any atom is -0.0829 e. The van der Waals surface area contributed by atoms with E-state index in [0.29, 0.717) is 21.6 Å². The first-order chi connectivity index (χ1) is 17.3. The second kappa shape index (κ2) is 8.00. The van der Waals surface area contributed by atoms with E-state index in [1.165, 1.54) is 23.5 Å². The van der Waals surface area contributed by atoms with Gasteiger partial charge in [0.25, 0.3) is 0 Å². The molecule has 172 valence electrons. The minimum absolute atomic E-state index is 0.309. The van der Waals surface area contributed by atoms with Crippen LogP contribution in [0.5, 0.6) is 0 Å². The lowest BCUT2D eigenvalue weighted by atomic mass is 9.51. The van der Waals surface area contributed by atoms with Crippen molar-refractivity contribution in [2.24, 2.45) is 11.3 Å². The van der Waals surface area contributed by atoms with E-state index in [4.69, 9.17) is 0 Å². The number of allylic oxidation sites excluding steroid dienone is 2. The van der Waals surface area contributed by atoms with Crippen LogP contribution in [0.2, 0.25) is 0 Å². The maximum Gasteiger partial charge on any atom is 0.0200 e. The maximum absolute atomic E-state index is 2.62. The third kappa shape index (κ3) is 2.71. The fourth-order valence-corrected chi connectivity index (χ4v) is 15.9. The van der Waals surface area contributed by atoms with Crippen molar-refractivity contribution in [3.8, 4) is 0 Å². The molecular formula is C33H30P2. The Labute approximate surface area is 211 Å². The van der Waals surface area contributed by atoms with Crippen LogP contribution in [0.25, 0.3) is 0 Å². The van der Waals surface area contributed by atoms with Gasteiger partial charge < -0.3 is 0 Å². The number of hydrogen-bond acceptors (Lipinski definition) is 0. The molecule has 0 heterocycles. The van der Waals surface area contributed by atoms with Crippen LogP contribution in [-0.2, 0) is 0 Å². The fourth-order valence-electron chi connectivity index (χ4n) is 7.63. The molecule has 0 aromatic heterocycles. The minimum atomic E-state index is -0.499. The molecule has 0 amide bonds. The topological polar surface area (TPSA) is 0 Å². The van der Waals surface area contributed by atoms with E-state index in [1.54, 1.807) is 10.6 Å². The number of hydrogen-bond donors (Lipinski definition) is 0. The quantitative estimate of drug-likeness (QED) is 0.200. The molecule has 7 rings (SSSR count). The normalized spacial score (nSPS) is 29.7. The Morgan fingerprint density at radius 1 is 0.600 bits per heavy atom. The standard InChI is InChI=1S/C33H30P2/c1-2-31-24-23-30(31)32(34(26-15-7-3-8-16-26)27-17-9-4-10-18-27)25-33(31,32)35(28-19-11-5-12-20-28)29-21-13-6-14-22-29/h3-24,30H,2,25H2,1H3/t30-,31?,32-,33?/m0/s1. The lowest BCUT2D eigenvalue weighted by Gasteiger charge is -2.67. The van der Waals surface area contributed by atoms with Gasteiger partial charge in [-0.15, -0.1) is 0 Å². The summed E-state index contributed by atoms with van der Waals surface area (Å²) in [6.45, 7) is 2.44. The average molecular weight is 489 g/mol. The number of rotatable bonds is 7. The fraction of sp³-hybridized carbons (Fsp3) is 0.212. The van der Waals surface area contributed by atoms with Gasteiger partial charge in [0, 0.05) is 15.7 Å². The summed E-state index contributed by atoms with van der Waals surface area (Å²) in [7, 11) is -0.982. The summed E-state index contributed by atoms with van der Waals surface area (Å²) < 4.78 is 0. The van der Waals surface area contributed by atoms with Crippen molar-refractivity contribution in [1.29, 1.82) is 0 Å². The Balaban J connectivity index is 1.47. The molecular weight excluding hydrogens is 458 g/mol. The Bertz CT molecular complexity index is 1290. The van der Waals surface area contributed by atoms with Crippen LogP contribution >= 0.6 is 15.8 Å². The van der Waals surface area contributed by atoms with Crippen LogP contribution in [-0.4, -0.2) is 10.3 Å². The van der Waals surface area contributed by atoms with E-state index in [0.717, 1.165) is 0 Å². The van der Waals surface area contributed by atoms with Gasteiger partial charge in [0.15, 0.2) is 0 Å². The second-order valence-corrected chi connectivity index (χ2v) is 15.2. The largest absolute Gasteiger partial charge is 0.0829 e. The van der Waals surface area contributed by atoms with Gasteiger partial charge in [0.1, 0.15) is 0 Å². The molecule has 2 heteroatoms. The molecule has 0 spiro atoms. The molecule has 3 aliphatic carbocycles. The molecule has 2 unspecified atom stereocenters. The summed E-state index contributed by atoms with van der Waals surface area (Å²) in [6, 6.07) is 45.9. The van der Waals surface area contributed by atoms with Gasteiger partial charge in [-0.05, 0) is 55.8 Å². The Kier molecular flexibility index (Phi) is 4.97. The van der Waals surface area contributed by atoms with Gasteiger partial charge in [0.2, 0.25) is 0 Å². The Hall–Kier alpha value is -2.52. The molecule has 0 saturated heterocycles. The zero-order chi connectivity index (χ0) is 23.5. The van der Waals surface area contributed by atoms with E-state index < -0.39 is 15.8 Å². The van der Waals surface area contributed by atoms with Crippen LogP contribution in [0.1, 0.15) is 19.8 Å². The van der Waals surface area contributed by atoms with Crippen molar-refractivity contribution in [2.75, 3.05) is 0 Å². The molecule has 0 aliphatic heterocycles. The molecule has 4 aromatic rings. The molecule has 4 aromatic carbocycles. The average Bonchev–Trinajstić information content (AvgIpc) is 3.51. The Morgan fingerprint density at radius 2 is 1.00 bits per heavy atom. The van der Waals surface area contributed by atoms with E-state index in [1.807, 2.05) is 0 Å². The molecule has 0 radical (unpaired) electrons. The summed E-state index contributed by atoms with van der Waals surface area (Å²) in [5.41, 5.74) is 0.328. The second-order valence-electron chi connectivity index (χ2n) is 10.2. The molecule has 35 heavy (non-hydrogen) atoms. The summed E-state index contributed by atoms with van der Waals surface area (Å²) in [5.74, 6) is 0.684. The summed E-state index contributed by atoms with van der Waals surface area (Å²) in [6.07, 6.45) is 7.77. The Morgan fingerprint density at radius 3 is 1.34 bits per heavy atom. The summed E-state index contributed by atoms with van der Waals surface area (Å²) >= 11 is 0. The van der Waals surface area contributed by atoms with Crippen molar-refractivity contribution in [3.05, 3.63) is 133 Å². The van der Waals surface area contributed by atoms with Gasteiger partial charge in [0.05, 0.1) is 0 Å². The highest BCUT2D eigenvalue weighted by Crippen LogP contribution is 2.98. The predicted octanol–water partition coefficient (Wildman–Crippen LogP) is 6.73. The SMILES string of the molecule is CCC12C=C[C@@H]1[C@@]1(P(c3ccccc3)c3ccccc3)CC21P(c1ccccc1)c1ccccc1. The van der Waals surface area contributed by atoms with E-state index in [2.05, 4.69) is 140 Å². The third-order valence-electron chi connectivity index (χ3n) is 8.97. The van der Waals surface area contributed by atoms with E-state index >= 15 is 0 Å². The molecule has 3 aliphatic rings. The van der Waals surface area contributed by atoms with Crippen molar-refractivity contribution < 1.29 is 0 Å². The molecule has 0 nitrogen and oxygen atoms in total. The monoisotopic (exact) mass is 488 g/mol. The van der Waals surface area contributed by atoms with E-state index in [-0.39, 0.29) is 0 Å². The first-order valence-electron chi connectivity index (χ1n) is 12.8. The van der Waals surface area contributed by atoms with Crippen LogP contribution in [0, 0.1) is 11.3 Å². The molecule has 2 fully saturated rings. The van der Waals surface area contributed by atoms with Crippen molar-refractivity contribution in [3.63, 3.8) is 0 Å². The zero-order valence-electron chi connectivity index (χ0n) is 20.1. The number of fused-ring (bicyclic) bond motifs is 4. The highest BCUT2D eigenvalue weighted by molar-refractivity contribution is 7.80. The van der Waals surface area contributed by atoms with Crippen LogP contribution in [0.4, 0.5) is 0 Å². The highest BCUT2D eigenvalue weighted by Gasteiger charge is 2.94. The van der Waals surface area contributed by atoms with Gasteiger partial charge in [-0.25, -0.2) is 0 Å². The van der Waals surface area contributed by atoms with Crippen molar-refractivity contribution in [2.45, 2.75) is 30.1 Å². The summed E-state index contributed by atoms with van der Waals surface area (Å²) in [5, 5.41) is 6.79. The molecule has 4 atom stereocenters. The van der Waals surface area contributed by atoms with Crippen LogP contribution < -0.4 is 21.2 Å². The summed E-state index contributed by atoms with van der Waals surface area (Å²) in [4.78, 5) is 0. The lowest BCUT2D eigenvalue weighted by molar-refractivity contribution is 0.105. The molecule has 0 bridgehead atoms. The zero-order valence-corrected chi connectivity index (χ0v) is 21.9. The predicted molar refractivity (Wildman–Crippen MR) is 154 cm³/mol. The van der Waals surface area contributed by atoms with Crippen molar-refractivity contribution >= 4 is 37.1 Å². The third-order valence-corrected chi connectivity index (χ3v) is 15.8. The van der Waals surface area contributed by atoms with Crippen molar-refractivity contribution in [1.82, 2.24) is 0 Å². The first-order valence-corrected chi connectivity index (χ1v) is 15.5. The first kappa shape index (κ1) is 21.7.